The molecule has 22 heavy (non-hydrogen) atoms. The average molecular weight is 472 g/mol. The molecule has 1 unspecified atom stereocenters. The number of carbonyl (C=O) groups is 1. The Bertz CT molecular complexity index is 494. The second-order valence-corrected chi connectivity index (χ2v) is 7.01. The molecule has 1 saturated heterocycles. The minimum Gasteiger partial charge on any atom is -0.541 e. The second-order valence-electron chi connectivity index (χ2n) is 7.01. The van der Waals surface area contributed by atoms with E-state index in [1.807, 2.05) is 7.05 Å². The predicted molar refractivity (Wildman–Crippen MR) is 76.9 cm³/mol. The first kappa shape index (κ1) is 17.6. The number of nitrogens with zero attached hydrogens (tertiary/aromatic N) is 3. The van der Waals surface area contributed by atoms with Crippen molar-refractivity contribution in [3.63, 3.8) is 0 Å². The van der Waals surface area contributed by atoms with Crippen LogP contribution < -0.4 is 0 Å². The minimum atomic E-state index is -0.252. The zero-order valence-electron chi connectivity index (χ0n) is 13.0. The minimum absolute atomic E-state index is 0. The first-order valence-corrected chi connectivity index (χ1v) is 7.84. The molecule has 0 spiro atoms. The van der Waals surface area contributed by atoms with E-state index in [1.54, 1.807) is 4.90 Å². The van der Waals surface area contributed by atoms with E-state index < -0.39 is 0 Å². The Labute approximate surface area is 146 Å². The van der Waals surface area contributed by atoms with E-state index in [0.29, 0.717) is 13.1 Å². The van der Waals surface area contributed by atoms with Crippen LogP contribution in [0.15, 0.2) is 0 Å². The van der Waals surface area contributed by atoms with Gasteiger partial charge >= 0.3 is 0 Å². The molecule has 1 atom stereocenters. The van der Waals surface area contributed by atoms with Gasteiger partial charge in [-0.15, -0.1) is 5.41 Å². The van der Waals surface area contributed by atoms with Crippen LogP contribution in [0.3, 0.4) is 0 Å². The summed E-state index contributed by atoms with van der Waals surface area (Å²) in [4.78, 5) is 27.5. The summed E-state index contributed by atoms with van der Waals surface area (Å²) in [6.07, 6.45) is 8.58. The van der Waals surface area contributed by atoms with E-state index in [9.17, 15) is 9.59 Å². The van der Waals surface area contributed by atoms with Crippen LogP contribution in [-0.2, 0) is 30.7 Å². The average Bonchev–Trinajstić information content (AvgIpc) is 3.20. The Morgan fingerprint density at radius 3 is 2.64 bits per heavy atom. The number of hydrogen-bond acceptors (Lipinski definition) is 4. The van der Waals surface area contributed by atoms with Crippen molar-refractivity contribution in [1.82, 2.24) is 9.80 Å². The Morgan fingerprint density at radius 2 is 2.09 bits per heavy atom. The van der Waals surface area contributed by atoms with Crippen LogP contribution >= 0.6 is 0 Å². The van der Waals surface area contributed by atoms with Crippen LogP contribution in [0.25, 0.3) is 0 Å². The van der Waals surface area contributed by atoms with Gasteiger partial charge in [-0.05, 0) is 32.7 Å². The summed E-state index contributed by atoms with van der Waals surface area (Å²) in [7, 11) is 1.99. The number of nitriles is 1. The van der Waals surface area contributed by atoms with Gasteiger partial charge in [0.05, 0.1) is 12.6 Å². The van der Waals surface area contributed by atoms with Gasteiger partial charge in [0.1, 0.15) is 6.04 Å². The third-order valence-corrected chi connectivity index (χ3v) is 5.93. The molecule has 2 saturated carbocycles. The van der Waals surface area contributed by atoms with E-state index in [-0.39, 0.29) is 44.0 Å². The molecule has 0 aromatic heterocycles. The van der Waals surface area contributed by atoms with Crippen molar-refractivity contribution in [3.05, 3.63) is 0 Å². The number of hydrogen-bond donors (Lipinski definition) is 0. The van der Waals surface area contributed by atoms with Crippen LogP contribution in [0, 0.1) is 16.7 Å². The Kier molecular flexibility index (Phi) is 5.14. The zero-order chi connectivity index (χ0) is 15.1. The standard InChI is InChI=1S/C16H22N3O2.W/c1-18(10-14(21)19-8-2-3-13(19)9-17)16-6-4-15(11-16,12-20)5-7-16;/h13H,2-8,10-11H2,1H3;/q-1;. The monoisotopic (exact) mass is 472 g/mol. The number of carbonyl (C=O) groups excluding carboxylic acids is 2. The molecule has 0 aromatic rings. The van der Waals surface area contributed by atoms with Crippen LogP contribution in [0.4, 0.5) is 0 Å². The summed E-state index contributed by atoms with van der Waals surface area (Å²) >= 11 is 0. The Hall–Kier alpha value is -0.722. The second kappa shape index (κ2) is 6.41. The van der Waals surface area contributed by atoms with Crippen molar-refractivity contribution in [1.29, 1.82) is 5.26 Å². The molecular formula is C16H22N3O2W-. The molecule has 3 aliphatic rings. The van der Waals surface area contributed by atoms with Gasteiger partial charge in [-0.25, -0.2) is 0 Å². The number of amides is 1. The van der Waals surface area contributed by atoms with Crippen LogP contribution in [-0.4, -0.2) is 53.7 Å². The molecule has 0 aromatic carbocycles. The van der Waals surface area contributed by atoms with E-state index in [1.165, 1.54) is 0 Å². The maximum atomic E-state index is 12.5. The van der Waals surface area contributed by atoms with Gasteiger partial charge in [0.15, 0.2) is 0 Å². The number of likely N-dealkylation sites (tertiary alicyclic amines) is 1. The van der Waals surface area contributed by atoms with E-state index in [0.717, 1.165) is 44.9 Å². The molecule has 0 radical (unpaired) electrons. The van der Waals surface area contributed by atoms with E-state index in [4.69, 9.17) is 5.26 Å². The van der Waals surface area contributed by atoms with Crippen LogP contribution in [0.2, 0.25) is 0 Å². The number of likely N-dealkylation sites (N-methyl/N-ethyl adjacent to an activating group) is 1. The molecule has 5 nitrogen and oxygen atoms in total. The van der Waals surface area contributed by atoms with Crippen molar-refractivity contribution in [3.8, 4) is 6.07 Å². The fourth-order valence-electron chi connectivity index (χ4n) is 4.49. The third kappa shape index (κ3) is 2.76. The van der Waals surface area contributed by atoms with Crippen molar-refractivity contribution >= 4 is 12.2 Å². The topological polar surface area (TPSA) is 64.4 Å². The Balaban J connectivity index is 0.00000176. The van der Waals surface area contributed by atoms with Crippen molar-refractivity contribution in [2.24, 2.45) is 5.41 Å². The zero-order valence-corrected chi connectivity index (χ0v) is 15.9. The molecule has 3 rings (SSSR count). The summed E-state index contributed by atoms with van der Waals surface area (Å²) in [6.45, 7) is 1.05. The molecule has 1 heterocycles. The molecule has 6 heteroatoms. The van der Waals surface area contributed by atoms with Gasteiger partial charge in [0.25, 0.3) is 0 Å². The SMILES string of the molecule is CN(CC(=O)N1CCCC1C#N)C12CCC([C-]=O)(CC1)C2.[W]. The fourth-order valence-corrected chi connectivity index (χ4v) is 4.49. The molecule has 2 aliphatic carbocycles. The normalized spacial score (nSPS) is 36.2. The maximum absolute atomic E-state index is 12.5. The smallest absolute Gasteiger partial charge is 0.237 e. The van der Waals surface area contributed by atoms with Gasteiger partial charge in [0, 0.05) is 33.1 Å². The first-order chi connectivity index (χ1) is 10.0. The largest absolute Gasteiger partial charge is 0.541 e. The maximum Gasteiger partial charge on any atom is 0.237 e. The van der Waals surface area contributed by atoms with Gasteiger partial charge in [-0.2, -0.15) is 5.26 Å². The summed E-state index contributed by atoms with van der Waals surface area (Å²) in [6, 6.07) is 1.97. The van der Waals surface area contributed by atoms with Gasteiger partial charge in [0.2, 0.25) is 5.91 Å². The molecule has 0 N–H and O–H groups in total. The summed E-state index contributed by atoms with van der Waals surface area (Å²) in [5, 5.41) is 9.10. The fraction of sp³-hybridized carbons (Fsp3) is 0.812. The molecule has 3 fully saturated rings. The van der Waals surface area contributed by atoms with Crippen molar-refractivity contribution < 1.29 is 30.7 Å². The third-order valence-electron chi connectivity index (χ3n) is 5.93. The molecule has 2 bridgehead atoms. The number of rotatable bonds is 4. The molecule has 1 amide bonds. The summed E-state index contributed by atoms with van der Waals surface area (Å²) < 4.78 is 0. The van der Waals surface area contributed by atoms with Gasteiger partial charge < -0.3 is 9.69 Å². The van der Waals surface area contributed by atoms with Crippen LogP contribution in [0.1, 0.15) is 44.9 Å². The van der Waals surface area contributed by atoms with Gasteiger partial charge in [-0.1, -0.05) is 19.3 Å². The number of fused-ring (bicyclic) bond motifs is 2. The quantitative estimate of drug-likeness (QED) is 0.578. The molecular weight excluding hydrogens is 450 g/mol. The van der Waals surface area contributed by atoms with Crippen molar-refractivity contribution in [2.45, 2.75) is 56.5 Å². The van der Waals surface area contributed by atoms with E-state index in [2.05, 4.69) is 17.3 Å². The molecule has 1 aliphatic heterocycles. The Morgan fingerprint density at radius 1 is 1.41 bits per heavy atom. The van der Waals surface area contributed by atoms with Crippen molar-refractivity contribution in [2.75, 3.05) is 20.1 Å². The van der Waals surface area contributed by atoms with E-state index >= 15 is 0 Å². The van der Waals surface area contributed by atoms with Crippen LogP contribution in [0.5, 0.6) is 0 Å². The first-order valence-electron chi connectivity index (χ1n) is 7.84. The summed E-state index contributed by atoms with van der Waals surface area (Å²) in [5.74, 6) is 0.0513. The van der Waals surface area contributed by atoms with Gasteiger partial charge in [-0.3, -0.25) is 16.0 Å². The summed E-state index contributed by atoms with van der Waals surface area (Å²) in [5.41, 5.74) is -0.255. The predicted octanol–water partition coefficient (Wildman–Crippen LogP) is 1.24. The molecule has 120 valence electrons.